The number of aromatic nitrogens is 2. The standard InChI is InChI=1S/C13H18N2O3/c1-13(2)5-3-8(4-6-13)10-14-7-9(12(17)18)11(16)15-10/h7-8H,3-6H2,1-2H3,(H,17,18)(H,14,15,16). The number of aromatic carboxylic acids is 1. The van der Waals surface area contributed by atoms with Crippen LogP contribution in [0.2, 0.25) is 0 Å². The molecule has 2 rings (SSSR count). The fraction of sp³-hybridized carbons (Fsp3) is 0.615. The molecule has 0 unspecified atom stereocenters. The zero-order valence-electron chi connectivity index (χ0n) is 10.7. The van der Waals surface area contributed by atoms with Crippen molar-refractivity contribution in [1.82, 2.24) is 9.97 Å². The number of carboxylic acid groups (broad SMARTS) is 1. The van der Waals surface area contributed by atoms with Gasteiger partial charge < -0.3 is 10.1 Å². The molecule has 5 heteroatoms. The highest BCUT2D eigenvalue weighted by molar-refractivity contribution is 5.86. The lowest BCUT2D eigenvalue weighted by atomic mass is 9.73. The normalized spacial score (nSPS) is 19.7. The van der Waals surface area contributed by atoms with E-state index in [-0.39, 0.29) is 11.5 Å². The zero-order valence-corrected chi connectivity index (χ0v) is 10.7. The largest absolute Gasteiger partial charge is 0.477 e. The molecule has 1 saturated carbocycles. The maximum Gasteiger partial charge on any atom is 0.342 e. The Hall–Kier alpha value is -1.65. The third-order valence-electron chi connectivity index (χ3n) is 3.78. The smallest absolute Gasteiger partial charge is 0.342 e. The molecule has 18 heavy (non-hydrogen) atoms. The second-order valence-electron chi connectivity index (χ2n) is 5.75. The van der Waals surface area contributed by atoms with E-state index in [4.69, 9.17) is 5.11 Å². The van der Waals surface area contributed by atoms with Gasteiger partial charge >= 0.3 is 5.97 Å². The molecule has 98 valence electrons. The van der Waals surface area contributed by atoms with Crippen molar-refractivity contribution in [2.45, 2.75) is 45.4 Å². The van der Waals surface area contributed by atoms with Gasteiger partial charge in [0.05, 0.1) is 0 Å². The summed E-state index contributed by atoms with van der Waals surface area (Å²) >= 11 is 0. The molecule has 0 atom stereocenters. The molecule has 0 spiro atoms. The summed E-state index contributed by atoms with van der Waals surface area (Å²) in [6, 6.07) is 0. The molecule has 0 bridgehead atoms. The van der Waals surface area contributed by atoms with E-state index < -0.39 is 11.5 Å². The molecule has 0 aromatic carbocycles. The van der Waals surface area contributed by atoms with Crippen LogP contribution in [-0.4, -0.2) is 21.0 Å². The Balaban J connectivity index is 2.18. The third kappa shape index (κ3) is 2.60. The van der Waals surface area contributed by atoms with Crippen molar-refractivity contribution in [2.75, 3.05) is 0 Å². The Morgan fingerprint density at radius 2 is 2.06 bits per heavy atom. The number of carboxylic acids is 1. The fourth-order valence-electron chi connectivity index (χ4n) is 2.44. The Kier molecular flexibility index (Phi) is 3.24. The second kappa shape index (κ2) is 4.55. The van der Waals surface area contributed by atoms with E-state index in [9.17, 15) is 9.59 Å². The van der Waals surface area contributed by atoms with Crippen LogP contribution in [0.1, 0.15) is 61.6 Å². The number of carbonyl (C=O) groups is 1. The van der Waals surface area contributed by atoms with Crippen molar-refractivity contribution in [3.63, 3.8) is 0 Å². The zero-order chi connectivity index (χ0) is 13.3. The summed E-state index contributed by atoms with van der Waals surface area (Å²) in [5.74, 6) is -0.367. The first-order valence-corrected chi connectivity index (χ1v) is 6.21. The SMILES string of the molecule is CC1(C)CCC(c2ncc(C(=O)O)c(=O)[nH]2)CC1. The summed E-state index contributed by atoms with van der Waals surface area (Å²) < 4.78 is 0. The van der Waals surface area contributed by atoms with Crippen LogP contribution in [-0.2, 0) is 0 Å². The molecule has 5 nitrogen and oxygen atoms in total. The van der Waals surface area contributed by atoms with Crippen molar-refractivity contribution in [3.8, 4) is 0 Å². The molecular formula is C13H18N2O3. The van der Waals surface area contributed by atoms with Crippen molar-refractivity contribution >= 4 is 5.97 Å². The summed E-state index contributed by atoms with van der Waals surface area (Å²) in [4.78, 5) is 29.0. The van der Waals surface area contributed by atoms with Crippen LogP contribution in [0.25, 0.3) is 0 Å². The quantitative estimate of drug-likeness (QED) is 0.842. The lowest BCUT2D eigenvalue weighted by molar-refractivity contribution is 0.0694. The van der Waals surface area contributed by atoms with Crippen molar-refractivity contribution in [2.24, 2.45) is 5.41 Å². The minimum atomic E-state index is -1.24. The van der Waals surface area contributed by atoms with Crippen molar-refractivity contribution in [1.29, 1.82) is 0 Å². The first-order valence-electron chi connectivity index (χ1n) is 6.21. The molecule has 0 aliphatic heterocycles. The topological polar surface area (TPSA) is 83.0 Å². The summed E-state index contributed by atoms with van der Waals surface area (Å²) in [6.45, 7) is 4.49. The number of hydrogen-bond donors (Lipinski definition) is 2. The summed E-state index contributed by atoms with van der Waals surface area (Å²) in [6.07, 6.45) is 5.34. The maximum atomic E-state index is 11.6. The van der Waals surface area contributed by atoms with Gasteiger partial charge in [-0.3, -0.25) is 4.79 Å². The molecule has 1 aromatic rings. The number of aromatic amines is 1. The average Bonchev–Trinajstić information content (AvgIpc) is 2.28. The van der Waals surface area contributed by atoms with Gasteiger partial charge in [0.1, 0.15) is 11.4 Å². The summed E-state index contributed by atoms with van der Waals surface area (Å²) in [5, 5.41) is 8.78. The Bertz CT molecular complexity index is 509. The van der Waals surface area contributed by atoms with Crippen LogP contribution >= 0.6 is 0 Å². The molecule has 1 aliphatic rings. The average molecular weight is 250 g/mol. The third-order valence-corrected chi connectivity index (χ3v) is 3.78. The molecule has 0 radical (unpaired) electrons. The van der Waals surface area contributed by atoms with Crippen LogP contribution < -0.4 is 5.56 Å². The Morgan fingerprint density at radius 3 is 2.56 bits per heavy atom. The van der Waals surface area contributed by atoms with E-state index in [1.54, 1.807) is 0 Å². The van der Waals surface area contributed by atoms with Gasteiger partial charge in [-0.1, -0.05) is 13.8 Å². The first kappa shape index (κ1) is 12.8. The van der Waals surface area contributed by atoms with E-state index in [1.165, 1.54) is 0 Å². The number of H-pyrrole nitrogens is 1. The van der Waals surface area contributed by atoms with E-state index in [1.807, 2.05) is 0 Å². The number of nitrogens with one attached hydrogen (secondary N) is 1. The maximum absolute atomic E-state index is 11.6. The van der Waals surface area contributed by atoms with Gasteiger partial charge in [0.25, 0.3) is 5.56 Å². The van der Waals surface area contributed by atoms with Crippen LogP contribution in [0.5, 0.6) is 0 Å². The summed E-state index contributed by atoms with van der Waals surface area (Å²) in [7, 11) is 0. The van der Waals surface area contributed by atoms with Gasteiger partial charge in [-0.05, 0) is 31.1 Å². The van der Waals surface area contributed by atoms with Crippen LogP contribution in [0.15, 0.2) is 11.0 Å². The molecule has 1 aromatic heterocycles. The minimum absolute atomic E-state index is 0.244. The molecular weight excluding hydrogens is 232 g/mol. The lowest BCUT2D eigenvalue weighted by Gasteiger charge is -2.33. The van der Waals surface area contributed by atoms with Gasteiger partial charge in [-0.15, -0.1) is 0 Å². The summed E-state index contributed by atoms with van der Waals surface area (Å²) in [5.41, 5.74) is -0.495. The van der Waals surface area contributed by atoms with Crippen LogP contribution in [0.4, 0.5) is 0 Å². The molecule has 1 aliphatic carbocycles. The van der Waals surface area contributed by atoms with Crippen LogP contribution in [0, 0.1) is 5.41 Å². The van der Waals surface area contributed by atoms with E-state index in [2.05, 4.69) is 23.8 Å². The van der Waals surface area contributed by atoms with Gasteiger partial charge in [0, 0.05) is 12.1 Å². The van der Waals surface area contributed by atoms with Gasteiger partial charge in [0.2, 0.25) is 0 Å². The number of rotatable bonds is 2. The highest BCUT2D eigenvalue weighted by Gasteiger charge is 2.29. The number of nitrogens with zero attached hydrogens (tertiary/aromatic N) is 1. The van der Waals surface area contributed by atoms with Crippen molar-refractivity contribution < 1.29 is 9.90 Å². The molecule has 1 fully saturated rings. The van der Waals surface area contributed by atoms with Gasteiger partial charge in [0.15, 0.2) is 0 Å². The van der Waals surface area contributed by atoms with Crippen molar-refractivity contribution in [3.05, 3.63) is 27.9 Å². The van der Waals surface area contributed by atoms with E-state index in [0.717, 1.165) is 31.9 Å². The molecule has 2 N–H and O–H groups in total. The van der Waals surface area contributed by atoms with E-state index >= 15 is 0 Å². The molecule has 0 amide bonds. The minimum Gasteiger partial charge on any atom is -0.477 e. The van der Waals surface area contributed by atoms with E-state index in [0.29, 0.717) is 11.2 Å². The predicted molar refractivity (Wildman–Crippen MR) is 66.8 cm³/mol. The second-order valence-corrected chi connectivity index (χ2v) is 5.75. The lowest BCUT2D eigenvalue weighted by Crippen LogP contribution is -2.25. The molecule has 0 saturated heterocycles. The highest BCUT2D eigenvalue weighted by atomic mass is 16.4. The number of hydrogen-bond acceptors (Lipinski definition) is 3. The monoisotopic (exact) mass is 250 g/mol. The van der Waals surface area contributed by atoms with Crippen LogP contribution in [0.3, 0.4) is 0 Å². The first-order chi connectivity index (χ1) is 8.39. The Morgan fingerprint density at radius 1 is 1.44 bits per heavy atom. The highest BCUT2D eigenvalue weighted by Crippen LogP contribution is 2.41. The molecule has 1 heterocycles. The predicted octanol–water partition coefficient (Wildman–Crippen LogP) is 2.15. The van der Waals surface area contributed by atoms with Gasteiger partial charge in [-0.25, -0.2) is 9.78 Å². The fourth-order valence-corrected chi connectivity index (χ4v) is 2.44. The van der Waals surface area contributed by atoms with Gasteiger partial charge in [-0.2, -0.15) is 0 Å². The Labute approximate surface area is 105 Å².